The highest BCUT2D eigenvalue weighted by atomic mass is 16.5. The quantitative estimate of drug-likeness (QED) is 0.896. The molecule has 1 aromatic heterocycles. The SMILES string of the molecule is COc1cccc(CN[C@@H]2CCCc3c2cnn3C(C)(C)C)c1OC. The van der Waals surface area contributed by atoms with Gasteiger partial charge in [0.05, 0.1) is 26.0 Å². The number of rotatable bonds is 5. The summed E-state index contributed by atoms with van der Waals surface area (Å²) in [5.41, 5.74) is 3.83. The fourth-order valence-electron chi connectivity index (χ4n) is 3.67. The average molecular weight is 343 g/mol. The number of hydrogen-bond acceptors (Lipinski definition) is 4. The summed E-state index contributed by atoms with van der Waals surface area (Å²) >= 11 is 0. The average Bonchev–Trinajstić information content (AvgIpc) is 3.04. The Kier molecular flexibility index (Phi) is 5.04. The van der Waals surface area contributed by atoms with Crippen LogP contribution in [0.3, 0.4) is 0 Å². The van der Waals surface area contributed by atoms with Crippen molar-refractivity contribution in [1.29, 1.82) is 0 Å². The van der Waals surface area contributed by atoms with E-state index in [4.69, 9.17) is 9.47 Å². The lowest BCUT2D eigenvalue weighted by Crippen LogP contribution is -2.29. The van der Waals surface area contributed by atoms with Crippen LogP contribution in [0, 0.1) is 0 Å². The van der Waals surface area contributed by atoms with Crippen molar-refractivity contribution in [1.82, 2.24) is 15.1 Å². The van der Waals surface area contributed by atoms with E-state index in [0.29, 0.717) is 6.04 Å². The molecule has 0 amide bonds. The Hall–Kier alpha value is -2.01. The number of para-hydroxylation sites is 1. The Morgan fingerprint density at radius 3 is 2.72 bits per heavy atom. The van der Waals surface area contributed by atoms with Gasteiger partial charge in [-0.2, -0.15) is 5.10 Å². The number of benzene rings is 1. The summed E-state index contributed by atoms with van der Waals surface area (Å²) in [6, 6.07) is 6.34. The van der Waals surface area contributed by atoms with E-state index >= 15 is 0 Å². The van der Waals surface area contributed by atoms with Crippen molar-refractivity contribution >= 4 is 0 Å². The normalized spacial score (nSPS) is 17.2. The van der Waals surface area contributed by atoms with Gasteiger partial charge >= 0.3 is 0 Å². The molecule has 1 aliphatic rings. The van der Waals surface area contributed by atoms with Gasteiger partial charge < -0.3 is 14.8 Å². The molecular weight excluding hydrogens is 314 g/mol. The van der Waals surface area contributed by atoms with E-state index in [1.807, 2.05) is 18.3 Å². The minimum absolute atomic E-state index is 0.0193. The predicted molar refractivity (Wildman–Crippen MR) is 99.3 cm³/mol. The number of hydrogen-bond donors (Lipinski definition) is 1. The van der Waals surface area contributed by atoms with Gasteiger partial charge in [-0.1, -0.05) is 12.1 Å². The van der Waals surface area contributed by atoms with Gasteiger partial charge in [0.15, 0.2) is 11.5 Å². The fourth-order valence-corrected chi connectivity index (χ4v) is 3.67. The molecule has 0 saturated carbocycles. The van der Waals surface area contributed by atoms with E-state index in [1.54, 1.807) is 14.2 Å². The Balaban J connectivity index is 1.80. The summed E-state index contributed by atoms with van der Waals surface area (Å²) in [4.78, 5) is 0. The molecular formula is C20H29N3O2. The standard InChI is InChI=1S/C20H29N3O2/c1-20(2,3)23-17-10-7-9-16(15(17)13-22-23)21-12-14-8-6-11-18(24-4)19(14)25-5/h6,8,11,13,16,21H,7,9-10,12H2,1-5H3/t16-/m1/s1. The zero-order chi connectivity index (χ0) is 18.0. The summed E-state index contributed by atoms with van der Waals surface area (Å²) < 4.78 is 13.1. The zero-order valence-corrected chi connectivity index (χ0v) is 15.9. The first-order valence-corrected chi connectivity index (χ1v) is 8.96. The van der Waals surface area contributed by atoms with Crippen LogP contribution in [0.2, 0.25) is 0 Å². The van der Waals surface area contributed by atoms with Crippen molar-refractivity contribution in [3.05, 3.63) is 41.2 Å². The molecule has 0 radical (unpaired) electrons. The molecule has 2 aromatic rings. The molecule has 25 heavy (non-hydrogen) atoms. The predicted octanol–water partition coefficient (Wildman–Crippen LogP) is 3.82. The number of nitrogens with zero attached hydrogens (tertiary/aromatic N) is 2. The van der Waals surface area contributed by atoms with Gasteiger partial charge in [0, 0.05) is 29.4 Å². The Morgan fingerprint density at radius 1 is 1.24 bits per heavy atom. The number of methoxy groups -OCH3 is 2. The maximum absolute atomic E-state index is 5.54. The minimum Gasteiger partial charge on any atom is -0.493 e. The summed E-state index contributed by atoms with van der Waals surface area (Å²) in [6.07, 6.45) is 5.46. The molecule has 136 valence electrons. The van der Waals surface area contributed by atoms with Crippen molar-refractivity contribution in [2.24, 2.45) is 0 Å². The molecule has 3 rings (SSSR count). The first-order chi connectivity index (χ1) is 12.0. The van der Waals surface area contributed by atoms with Gasteiger partial charge in [0.1, 0.15) is 0 Å². The van der Waals surface area contributed by atoms with Crippen LogP contribution in [0.5, 0.6) is 11.5 Å². The molecule has 0 fully saturated rings. The number of nitrogens with one attached hydrogen (secondary N) is 1. The van der Waals surface area contributed by atoms with E-state index in [1.165, 1.54) is 17.7 Å². The van der Waals surface area contributed by atoms with Crippen molar-refractivity contribution in [3.63, 3.8) is 0 Å². The first kappa shape index (κ1) is 17.8. The fraction of sp³-hybridized carbons (Fsp3) is 0.550. The zero-order valence-electron chi connectivity index (χ0n) is 15.9. The monoisotopic (exact) mass is 343 g/mol. The van der Waals surface area contributed by atoms with Gasteiger partial charge in [0.25, 0.3) is 0 Å². The Bertz CT molecular complexity index is 731. The van der Waals surface area contributed by atoms with Crippen LogP contribution in [0.25, 0.3) is 0 Å². The van der Waals surface area contributed by atoms with Crippen LogP contribution in [-0.2, 0) is 18.5 Å². The highest BCUT2D eigenvalue weighted by Crippen LogP contribution is 2.34. The van der Waals surface area contributed by atoms with E-state index in [9.17, 15) is 0 Å². The van der Waals surface area contributed by atoms with Gasteiger partial charge in [-0.15, -0.1) is 0 Å². The van der Waals surface area contributed by atoms with Crippen molar-refractivity contribution in [2.75, 3.05) is 14.2 Å². The van der Waals surface area contributed by atoms with Gasteiger partial charge in [-0.3, -0.25) is 4.68 Å². The molecule has 0 spiro atoms. The van der Waals surface area contributed by atoms with Crippen LogP contribution in [0.4, 0.5) is 0 Å². The molecule has 5 heteroatoms. The first-order valence-electron chi connectivity index (χ1n) is 8.96. The molecule has 1 atom stereocenters. The molecule has 1 aromatic carbocycles. The molecule has 1 heterocycles. The second-order valence-electron chi connectivity index (χ2n) is 7.61. The lowest BCUT2D eigenvalue weighted by Gasteiger charge is -2.28. The smallest absolute Gasteiger partial charge is 0.165 e. The molecule has 0 unspecified atom stereocenters. The molecule has 0 saturated heterocycles. The van der Waals surface area contributed by atoms with E-state index in [2.05, 4.69) is 41.9 Å². The molecule has 5 nitrogen and oxygen atoms in total. The summed E-state index contributed by atoms with van der Waals surface area (Å²) in [5.74, 6) is 1.57. The van der Waals surface area contributed by atoms with E-state index in [0.717, 1.165) is 36.4 Å². The maximum atomic E-state index is 5.54. The van der Waals surface area contributed by atoms with Crippen LogP contribution >= 0.6 is 0 Å². The lowest BCUT2D eigenvalue weighted by molar-refractivity contribution is 0.333. The van der Waals surface area contributed by atoms with Crippen molar-refractivity contribution in [3.8, 4) is 11.5 Å². The number of ether oxygens (including phenoxy) is 2. The highest BCUT2D eigenvalue weighted by molar-refractivity contribution is 5.46. The minimum atomic E-state index is 0.0193. The van der Waals surface area contributed by atoms with Crippen LogP contribution < -0.4 is 14.8 Å². The summed E-state index contributed by atoms with van der Waals surface area (Å²) in [5, 5.41) is 8.36. The topological polar surface area (TPSA) is 48.3 Å². The van der Waals surface area contributed by atoms with E-state index < -0.39 is 0 Å². The van der Waals surface area contributed by atoms with E-state index in [-0.39, 0.29) is 5.54 Å². The summed E-state index contributed by atoms with van der Waals surface area (Å²) in [7, 11) is 3.36. The van der Waals surface area contributed by atoms with Crippen molar-refractivity contribution < 1.29 is 9.47 Å². The van der Waals surface area contributed by atoms with Crippen LogP contribution in [0.15, 0.2) is 24.4 Å². The van der Waals surface area contributed by atoms with Crippen molar-refractivity contribution in [2.45, 2.75) is 58.2 Å². The maximum Gasteiger partial charge on any atom is 0.165 e. The molecule has 0 bridgehead atoms. The lowest BCUT2D eigenvalue weighted by atomic mass is 9.92. The van der Waals surface area contributed by atoms with Gasteiger partial charge in [-0.25, -0.2) is 0 Å². The molecule has 0 aliphatic heterocycles. The summed E-state index contributed by atoms with van der Waals surface area (Å²) in [6.45, 7) is 7.36. The third-order valence-electron chi connectivity index (χ3n) is 4.84. The largest absolute Gasteiger partial charge is 0.493 e. The number of fused-ring (bicyclic) bond motifs is 1. The third kappa shape index (κ3) is 3.52. The molecule has 1 N–H and O–H groups in total. The van der Waals surface area contributed by atoms with Gasteiger partial charge in [-0.05, 0) is 46.1 Å². The van der Waals surface area contributed by atoms with Crippen LogP contribution in [-0.4, -0.2) is 24.0 Å². The van der Waals surface area contributed by atoms with Crippen LogP contribution in [0.1, 0.15) is 56.5 Å². The Labute approximate surface area is 150 Å². The third-order valence-corrected chi connectivity index (χ3v) is 4.84. The number of aromatic nitrogens is 2. The van der Waals surface area contributed by atoms with Gasteiger partial charge in [0.2, 0.25) is 0 Å². The molecule has 1 aliphatic carbocycles. The highest BCUT2D eigenvalue weighted by Gasteiger charge is 2.28. The second-order valence-corrected chi connectivity index (χ2v) is 7.61. The Morgan fingerprint density at radius 2 is 2.04 bits per heavy atom. The second kappa shape index (κ2) is 7.08.